The van der Waals surface area contributed by atoms with Crippen LogP contribution in [0.15, 0.2) is 46.8 Å². The lowest BCUT2D eigenvalue weighted by Crippen LogP contribution is -2.19. The van der Waals surface area contributed by atoms with Gasteiger partial charge in [0, 0.05) is 11.6 Å². The molecule has 5 heteroatoms. The Balaban J connectivity index is 2.15. The number of ether oxygens (including phenoxy) is 2. The second-order valence-electron chi connectivity index (χ2n) is 6.90. The summed E-state index contributed by atoms with van der Waals surface area (Å²) in [5, 5.41) is 9.34. The van der Waals surface area contributed by atoms with Gasteiger partial charge in [-0.3, -0.25) is 0 Å². The second-order valence-corrected chi connectivity index (χ2v) is 6.90. The molecule has 2 aliphatic rings. The highest BCUT2D eigenvalue weighted by Crippen LogP contribution is 2.40. The number of carboxylic acids is 1. The van der Waals surface area contributed by atoms with Crippen LogP contribution in [0, 0.1) is 5.41 Å². The van der Waals surface area contributed by atoms with Crippen LogP contribution in [0.1, 0.15) is 47.0 Å². The van der Waals surface area contributed by atoms with E-state index >= 15 is 0 Å². The molecular weight excluding hydrogens is 308 g/mol. The van der Waals surface area contributed by atoms with Crippen molar-refractivity contribution in [3.05, 3.63) is 46.8 Å². The number of esters is 1. The van der Waals surface area contributed by atoms with Crippen LogP contribution < -0.4 is 0 Å². The third-order valence-electron chi connectivity index (χ3n) is 4.48. The van der Waals surface area contributed by atoms with Gasteiger partial charge in [-0.1, -0.05) is 25.5 Å². The van der Waals surface area contributed by atoms with Gasteiger partial charge in [0.1, 0.15) is 6.26 Å². The topological polar surface area (TPSA) is 72.8 Å². The van der Waals surface area contributed by atoms with Crippen molar-refractivity contribution in [2.45, 2.75) is 53.2 Å². The van der Waals surface area contributed by atoms with E-state index in [9.17, 15) is 14.7 Å². The van der Waals surface area contributed by atoms with Crippen molar-refractivity contribution in [3.63, 3.8) is 0 Å². The molecule has 1 aliphatic heterocycles. The second kappa shape index (κ2) is 7.07. The standard InChI is InChI=1S/C19H24O5/c1-12-6-5-9-19(3,4)15(12)8-7-14(17(20)21)11-23-16-10-13(2)18(22)24-16/h7-8,10-11,16H,5-6,9H2,1-4H3,(H,20,21)/b8-7+,14-11+. The molecule has 0 aromatic rings. The highest BCUT2D eigenvalue weighted by atomic mass is 16.7. The molecule has 130 valence electrons. The average molecular weight is 332 g/mol. The number of carbonyl (C=O) groups is 2. The first kappa shape index (κ1) is 18.0. The normalized spacial score (nSPS) is 24.2. The largest absolute Gasteiger partial charge is 0.478 e. The molecule has 0 saturated carbocycles. The predicted octanol–water partition coefficient (Wildman–Crippen LogP) is 3.88. The number of rotatable bonds is 5. The Hall–Kier alpha value is -2.30. The van der Waals surface area contributed by atoms with Crippen LogP contribution in [0.25, 0.3) is 0 Å². The summed E-state index contributed by atoms with van der Waals surface area (Å²) in [5.41, 5.74) is 2.95. The summed E-state index contributed by atoms with van der Waals surface area (Å²) >= 11 is 0. The molecule has 5 nitrogen and oxygen atoms in total. The first-order chi connectivity index (χ1) is 11.2. The number of carboxylic acid groups (broad SMARTS) is 1. The maximum Gasteiger partial charge on any atom is 0.338 e. The van der Waals surface area contributed by atoms with Gasteiger partial charge in [-0.05, 0) is 50.2 Å². The van der Waals surface area contributed by atoms with Crippen molar-refractivity contribution in [1.82, 2.24) is 0 Å². The summed E-state index contributed by atoms with van der Waals surface area (Å²) < 4.78 is 10.2. The molecule has 24 heavy (non-hydrogen) atoms. The van der Waals surface area contributed by atoms with Gasteiger partial charge >= 0.3 is 11.9 Å². The number of aliphatic carboxylic acids is 1. The zero-order valence-corrected chi connectivity index (χ0v) is 14.6. The van der Waals surface area contributed by atoms with Crippen LogP contribution in [0.3, 0.4) is 0 Å². The van der Waals surface area contributed by atoms with Crippen molar-refractivity contribution in [2.24, 2.45) is 5.41 Å². The summed E-state index contributed by atoms with van der Waals surface area (Å²) in [6.07, 6.45) is 8.44. The average Bonchev–Trinajstić information content (AvgIpc) is 2.79. The first-order valence-electron chi connectivity index (χ1n) is 8.07. The van der Waals surface area contributed by atoms with Gasteiger partial charge < -0.3 is 14.6 Å². The van der Waals surface area contributed by atoms with Crippen LogP contribution in [0.5, 0.6) is 0 Å². The summed E-state index contributed by atoms with van der Waals surface area (Å²) in [6, 6.07) is 0. The van der Waals surface area contributed by atoms with E-state index in [1.165, 1.54) is 17.2 Å². The Labute approximate surface area is 142 Å². The monoisotopic (exact) mass is 332 g/mol. The molecule has 0 bridgehead atoms. The van der Waals surface area contributed by atoms with Crippen LogP contribution in [-0.2, 0) is 19.1 Å². The van der Waals surface area contributed by atoms with Crippen molar-refractivity contribution in [1.29, 1.82) is 0 Å². The number of carbonyl (C=O) groups excluding carboxylic acids is 1. The Morgan fingerprint density at radius 2 is 2.12 bits per heavy atom. The summed E-state index contributed by atoms with van der Waals surface area (Å²) in [6.45, 7) is 8.05. The maximum absolute atomic E-state index is 11.4. The van der Waals surface area contributed by atoms with Gasteiger partial charge in [0.05, 0.1) is 5.57 Å². The van der Waals surface area contributed by atoms with Crippen LogP contribution >= 0.6 is 0 Å². The molecule has 1 aliphatic carbocycles. The third-order valence-corrected chi connectivity index (χ3v) is 4.48. The molecule has 0 spiro atoms. The van der Waals surface area contributed by atoms with E-state index in [4.69, 9.17) is 9.47 Å². The maximum atomic E-state index is 11.4. The van der Waals surface area contributed by atoms with E-state index in [2.05, 4.69) is 20.8 Å². The van der Waals surface area contributed by atoms with Gasteiger partial charge in [0.15, 0.2) is 0 Å². The molecule has 0 aromatic carbocycles. The molecule has 0 amide bonds. The highest BCUT2D eigenvalue weighted by molar-refractivity contribution is 5.90. The molecule has 0 saturated heterocycles. The van der Waals surface area contributed by atoms with Crippen LogP contribution in [-0.4, -0.2) is 23.3 Å². The zero-order chi connectivity index (χ0) is 17.9. The fourth-order valence-electron chi connectivity index (χ4n) is 3.06. The smallest absolute Gasteiger partial charge is 0.338 e. The Kier molecular flexibility index (Phi) is 5.32. The van der Waals surface area contributed by atoms with Crippen molar-refractivity contribution in [3.8, 4) is 0 Å². The molecule has 0 fully saturated rings. The molecule has 0 radical (unpaired) electrons. The van der Waals surface area contributed by atoms with Gasteiger partial charge in [-0.15, -0.1) is 0 Å². The molecule has 2 rings (SSSR count). The van der Waals surface area contributed by atoms with E-state index in [0.29, 0.717) is 5.57 Å². The van der Waals surface area contributed by atoms with E-state index in [-0.39, 0.29) is 11.0 Å². The molecule has 1 atom stereocenters. The van der Waals surface area contributed by atoms with Gasteiger partial charge in [-0.25, -0.2) is 9.59 Å². The fourth-order valence-corrected chi connectivity index (χ4v) is 3.06. The Bertz CT molecular complexity index is 661. The van der Waals surface area contributed by atoms with Crippen molar-refractivity contribution >= 4 is 11.9 Å². The minimum Gasteiger partial charge on any atom is -0.478 e. The summed E-state index contributed by atoms with van der Waals surface area (Å²) in [7, 11) is 0. The third kappa shape index (κ3) is 4.16. The Morgan fingerprint density at radius 3 is 2.67 bits per heavy atom. The minimum absolute atomic E-state index is 0.00526. The molecule has 0 aromatic heterocycles. The lowest BCUT2D eigenvalue weighted by atomic mass is 9.72. The summed E-state index contributed by atoms with van der Waals surface area (Å²) in [4.78, 5) is 22.7. The van der Waals surface area contributed by atoms with E-state index in [0.717, 1.165) is 25.5 Å². The van der Waals surface area contributed by atoms with Gasteiger partial charge in [-0.2, -0.15) is 0 Å². The first-order valence-corrected chi connectivity index (χ1v) is 8.07. The summed E-state index contributed by atoms with van der Waals surface area (Å²) in [5.74, 6) is -1.55. The highest BCUT2D eigenvalue weighted by Gasteiger charge is 2.27. The SMILES string of the molecule is CC1=CC(O/C=C(\C=C\C2=C(C)CCCC2(C)C)C(=O)O)OC1=O. The lowest BCUT2D eigenvalue weighted by Gasteiger charge is -2.32. The number of allylic oxidation sites excluding steroid dienone is 3. The molecule has 1 N–H and O–H groups in total. The predicted molar refractivity (Wildman–Crippen MR) is 89.9 cm³/mol. The fraction of sp³-hybridized carbons (Fsp3) is 0.474. The zero-order valence-electron chi connectivity index (χ0n) is 14.6. The molecule has 1 heterocycles. The number of hydrogen-bond acceptors (Lipinski definition) is 4. The van der Waals surface area contributed by atoms with Crippen LogP contribution in [0.4, 0.5) is 0 Å². The van der Waals surface area contributed by atoms with E-state index in [1.807, 2.05) is 6.08 Å². The van der Waals surface area contributed by atoms with Gasteiger partial charge in [0.2, 0.25) is 0 Å². The van der Waals surface area contributed by atoms with Gasteiger partial charge in [0.25, 0.3) is 6.29 Å². The number of cyclic esters (lactones) is 1. The van der Waals surface area contributed by atoms with Crippen molar-refractivity contribution < 1.29 is 24.2 Å². The molecular formula is C19H24O5. The van der Waals surface area contributed by atoms with Crippen molar-refractivity contribution in [2.75, 3.05) is 0 Å². The Morgan fingerprint density at radius 1 is 1.42 bits per heavy atom. The van der Waals surface area contributed by atoms with E-state index in [1.54, 1.807) is 13.0 Å². The lowest BCUT2D eigenvalue weighted by molar-refractivity contribution is -0.152. The van der Waals surface area contributed by atoms with Crippen LogP contribution in [0.2, 0.25) is 0 Å². The quantitative estimate of drug-likeness (QED) is 0.358. The van der Waals surface area contributed by atoms with E-state index < -0.39 is 18.2 Å². The minimum atomic E-state index is -1.09. The number of hydrogen-bond donors (Lipinski definition) is 1. The molecule has 1 unspecified atom stereocenters.